The number of aliphatic hydroxyl groups is 1. The van der Waals surface area contributed by atoms with Crippen molar-refractivity contribution in [1.29, 1.82) is 0 Å². The molecule has 1 aliphatic rings. The first-order chi connectivity index (χ1) is 11.9. The van der Waals surface area contributed by atoms with E-state index in [4.69, 9.17) is 4.74 Å². The van der Waals surface area contributed by atoms with Gasteiger partial charge >= 0.3 is 5.97 Å². The monoisotopic (exact) mass is 387 g/mol. The first kappa shape index (κ1) is 20.5. The van der Waals surface area contributed by atoms with Crippen LogP contribution in [0.25, 0.3) is 0 Å². The second-order valence-electron chi connectivity index (χ2n) is 7.21. The van der Waals surface area contributed by atoms with E-state index in [1.807, 2.05) is 0 Å². The van der Waals surface area contributed by atoms with Crippen LogP contribution in [0.1, 0.15) is 27.2 Å². The molecule has 9 heteroatoms. The molecule has 0 amide bonds. The summed E-state index contributed by atoms with van der Waals surface area (Å²) in [4.78, 5) is 24.0. The Bertz CT molecular complexity index is 784. The number of rotatable bonds is 5. The van der Waals surface area contributed by atoms with E-state index in [0.29, 0.717) is 0 Å². The minimum absolute atomic E-state index is 0.136. The van der Waals surface area contributed by atoms with Gasteiger partial charge in [-0.1, -0.05) is 20.8 Å². The Balaban J connectivity index is 2.18. The van der Waals surface area contributed by atoms with Gasteiger partial charge in [0, 0.05) is 18.4 Å². The molecule has 7 nitrogen and oxygen atoms in total. The molecule has 2 atom stereocenters. The summed E-state index contributed by atoms with van der Waals surface area (Å²) in [6.07, 6.45) is -1.18. The number of ether oxygens (including phenoxy) is 1. The molecule has 1 heterocycles. The van der Waals surface area contributed by atoms with Gasteiger partial charge in [-0.3, -0.25) is 9.59 Å². The molecule has 1 saturated heterocycles. The third kappa shape index (κ3) is 4.46. The largest absolute Gasteiger partial charge is 0.456 e. The zero-order chi connectivity index (χ0) is 19.7. The van der Waals surface area contributed by atoms with Gasteiger partial charge in [-0.25, -0.2) is 12.8 Å². The molecule has 0 radical (unpaired) electrons. The molecular formula is C17H22FNO6S. The van der Waals surface area contributed by atoms with Crippen LogP contribution in [-0.4, -0.2) is 54.9 Å². The number of aliphatic hydroxyl groups excluding tert-OH is 1. The van der Waals surface area contributed by atoms with E-state index in [-0.39, 0.29) is 23.6 Å². The highest BCUT2D eigenvalue weighted by atomic mass is 32.2. The summed E-state index contributed by atoms with van der Waals surface area (Å²) in [5.74, 6) is -1.80. The van der Waals surface area contributed by atoms with Gasteiger partial charge < -0.3 is 9.84 Å². The topological polar surface area (TPSA) is 101 Å². The molecular weight excluding hydrogens is 365 g/mol. The van der Waals surface area contributed by atoms with E-state index in [1.165, 1.54) is 0 Å². The first-order valence-corrected chi connectivity index (χ1v) is 9.52. The fourth-order valence-corrected chi connectivity index (χ4v) is 4.08. The van der Waals surface area contributed by atoms with Crippen molar-refractivity contribution in [3.63, 3.8) is 0 Å². The van der Waals surface area contributed by atoms with E-state index in [9.17, 15) is 27.5 Å². The summed E-state index contributed by atoms with van der Waals surface area (Å²) >= 11 is 0. The van der Waals surface area contributed by atoms with Crippen LogP contribution in [0.2, 0.25) is 0 Å². The number of nitrogens with zero attached hydrogens (tertiary/aromatic N) is 1. The molecule has 1 N–H and O–H groups in total. The van der Waals surface area contributed by atoms with Gasteiger partial charge in [-0.05, 0) is 24.3 Å². The van der Waals surface area contributed by atoms with Crippen LogP contribution < -0.4 is 0 Å². The van der Waals surface area contributed by atoms with Crippen molar-refractivity contribution < 1.29 is 32.2 Å². The molecule has 0 saturated carbocycles. The molecule has 1 aliphatic heterocycles. The third-order valence-corrected chi connectivity index (χ3v) is 6.00. The van der Waals surface area contributed by atoms with Crippen molar-refractivity contribution in [2.75, 3.05) is 13.2 Å². The van der Waals surface area contributed by atoms with Crippen LogP contribution in [0, 0.1) is 11.2 Å². The van der Waals surface area contributed by atoms with Gasteiger partial charge in [-0.2, -0.15) is 4.31 Å². The lowest BCUT2D eigenvalue weighted by Crippen LogP contribution is -2.42. The predicted octanol–water partition coefficient (Wildman–Crippen LogP) is 1.11. The highest BCUT2D eigenvalue weighted by Gasteiger charge is 2.44. The maximum atomic E-state index is 13.0. The van der Waals surface area contributed by atoms with E-state index in [2.05, 4.69) is 0 Å². The number of halogens is 1. The van der Waals surface area contributed by atoms with Gasteiger partial charge in [0.1, 0.15) is 11.9 Å². The summed E-state index contributed by atoms with van der Waals surface area (Å²) in [6.45, 7) is 4.27. The van der Waals surface area contributed by atoms with Crippen molar-refractivity contribution >= 4 is 21.8 Å². The quantitative estimate of drug-likeness (QED) is 0.760. The molecule has 1 aromatic carbocycles. The zero-order valence-corrected chi connectivity index (χ0v) is 15.6. The number of benzene rings is 1. The lowest BCUT2D eigenvalue weighted by Gasteiger charge is -2.23. The molecule has 0 aromatic heterocycles. The van der Waals surface area contributed by atoms with Crippen LogP contribution >= 0.6 is 0 Å². The van der Waals surface area contributed by atoms with Gasteiger partial charge in [0.25, 0.3) is 0 Å². The van der Waals surface area contributed by atoms with E-state index in [0.717, 1.165) is 28.6 Å². The molecule has 0 bridgehead atoms. The first-order valence-electron chi connectivity index (χ1n) is 8.08. The summed E-state index contributed by atoms with van der Waals surface area (Å²) < 4.78 is 44.3. The smallest absolute Gasteiger partial charge is 0.325 e. The fraction of sp³-hybridized carbons (Fsp3) is 0.529. The number of esters is 1. The van der Waals surface area contributed by atoms with Crippen LogP contribution in [0.3, 0.4) is 0 Å². The summed E-state index contributed by atoms with van der Waals surface area (Å²) in [7, 11) is -4.13. The minimum Gasteiger partial charge on any atom is -0.456 e. The molecule has 0 unspecified atom stereocenters. The summed E-state index contributed by atoms with van der Waals surface area (Å²) in [6, 6.07) is 2.92. The number of hydrogen-bond acceptors (Lipinski definition) is 6. The number of carbonyl (C=O) groups is 2. The Morgan fingerprint density at radius 1 is 1.27 bits per heavy atom. The molecule has 1 fully saturated rings. The van der Waals surface area contributed by atoms with Crippen molar-refractivity contribution in [3.05, 3.63) is 30.1 Å². The van der Waals surface area contributed by atoms with Crippen molar-refractivity contribution in [2.24, 2.45) is 5.41 Å². The number of ketones is 1. The molecule has 2 rings (SSSR count). The van der Waals surface area contributed by atoms with Crippen molar-refractivity contribution in [1.82, 2.24) is 4.31 Å². The van der Waals surface area contributed by atoms with E-state index < -0.39 is 46.0 Å². The second-order valence-corrected chi connectivity index (χ2v) is 9.11. The number of Topliss-reactive ketones (excluding diaryl/α,β-unsaturated/α-hetero) is 1. The Morgan fingerprint density at radius 3 is 2.38 bits per heavy atom. The third-order valence-electron chi connectivity index (χ3n) is 4.11. The minimum atomic E-state index is -4.13. The van der Waals surface area contributed by atoms with Gasteiger partial charge in [0.05, 0.1) is 11.0 Å². The maximum absolute atomic E-state index is 13.0. The van der Waals surface area contributed by atoms with E-state index in [1.54, 1.807) is 20.8 Å². The summed E-state index contributed by atoms with van der Waals surface area (Å²) in [5, 5.41) is 9.84. The maximum Gasteiger partial charge on any atom is 0.325 e. The highest BCUT2D eigenvalue weighted by Crippen LogP contribution is 2.27. The Morgan fingerprint density at radius 2 is 1.85 bits per heavy atom. The lowest BCUT2D eigenvalue weighted by atomic mass is 9.91. The van der Waals surface area contributed by atoms with Gasteiger partial charge in [0.2, 0.25) is 10.0 Å². The zero-order valence-electron chi connectivity index (χ0n) is 14.8. The highest BCUT2D eigenvalue weighted by molar-refractivity contribution is 7.89. The van der Waals surface area contributed by atoms with Gasteiger partial charge in [-0.15, -0.1) is 0 Å². The predicted molar refractivity (Wildman–Crippen MR) is 90.1 cm³/mol. The Hall–Kier alpha value is -1.84. The Kier molecular flexibility index (Phi) is 5.84. The fourth-order valence-electron chi connectivity index (χ4n) is 2.46. The van der Waals surface area contributed by atoms with Crippen molar-refractivity contribution in [3.8, 4) is 0 Å². The molecule has 26 heavy (non-hydrogen) atoms. The Labute approximate surface area is 151 Å². The molecule has 144 valence electrons. The lowest BCUT2D eigenvalue weighted by molar-refractivity contribution is -0.153. The standard InChI is InChI=1S/C17H22FNO6S/c1-17(2,3)15(21)10-25-16(22)14-8-12(20)9-19(14)26(23,24)13-6-4-11(18)5-7-13/h4-7,12,14,20H,8-10H2,1-3H3/t12-,14-/m0/s1. The normalized spacial score (nSPS) is 21.6. The van der Waals surface area contributed by atoms with Crippen LogP contribution in [-0.2, 0) is 24.3 Å². The number of hydrogen-bond donors (Lipinski definition) is 1. The number of carbonyl (C=O) groups excluding carboxylic acids is 2. The average molecular weight is 387 g/mol. The van der Waals surface area contributed by atoms with Gasteiger partial charge in [0.15, 0.2) is 12.4 Å². The second kappa shape index (κ2) is 7.42. The van der Waals surface area contributed by atoms with Crippen LogP contribution in [0.5, 0.6) is 0 Å². The van der Waals surface area contributed by atoms with Crippen molar-refractivity contribution in [2.45, 2.75) is 44.2 Å². The van der Waals surface area contributed by atoms with Crippen LogP contribution in [0.15, 0.2) is 29.2 Å². The van der Waals surface area contributed by atoms with Crippen LogP contribution in [0.4, 0.5) is 4.39 Å². The molecule has 0 spiro atoms. The molecule has 1 aromatic rings. The number of sulfonamides is 1. The molecule has 0 aliphatic carbocycles. The number of β-amino-alcohol motifs (C(OH)–C–C–N with tert-alkyl or cyclic N) is 1. The van der Waals surface area contributed by atoms with E-state index >= 15 is 0 Å². The summed E-state index contributed by atoms with van der Waals surface area (Å²) in [5.41, 5.74) is -0.699. The average Bonchev–Trinajstić information content (AvgIpc) is 2.94. The SMILES string of the molecule is CC(C)(C)C(=O)COC(=O)[C@@H]1C[C@H](O)CN1S(=O)(=O)c1ccc(F)cc1.